The summed E-state index contributed by atoms with van der Waals surface area (Å²) < 4.78 is 0.842. The van der Waals surface area contributed by atoms with Crippen LogP contribution < -0.4 is 10.6 Å². The summed E-state index contributed by atoms with van der Waals surface area (Å²) in [7, 11) is 0. The van der Waals surface area contributed by atoms with Crippen molar-refractivity contribution in [1.29, 1.82) is 0 Å². The van der Waals surface area contributed by atoms with E-state index in [9.17, 15) is 9.59 Å². The maximum atomic E-state index is 12.2. The van der Waals surface area contributed by atoms with Gasteiger partial charge in [0.25, 0.3) is 5.91 Å². The number of aryl methyl sites for hydroxylation is 1. The fourth-order valence-electron chi connectivity index (χ4n) is 2.45. The van der Waals surface area contributed by atoms with Crippen molar-refractivity contribution >= 4 is 33.4 Å². The van der Waals surface area contributed by atoms with E-state index in [1.807, 2.05) is 49.4 Å². The zero-order valence-electron chi connectivity index (χ0n) is 15.7. The molecule has 138 valence electrons. The Morgan fingerprint density at radius 2 is 1.69 bits per heavy atom. The van der Waals surface area contributed by atoms with Gasteiger partial charge in [-0.3, -0.25) is 9.59 Å². The van der Waals surface area contributed by atoms with E-state index >= 15 is 0 Å². The lowest BCUT2D eigenvalue weighted by Gasteiger charge is -2.19. The van der Waals surface area contributed by atoms with Gasteiger partial charge in [-0.15, -0.1) is 0 Å². The molecular formula is C21H25BrN2O2. The minimum Gasteiger partial charge on any atom is -0.352 e. The van der Waals surface area contributed by atoms with Crippen LogP contribution in [0.25, 0.3) is 0 Å². The average molecular weight is 417 g/mol. The molecule has 0 saturated carbocycles. The minimum atomic E-state index is -0.172. The summed E-state index contributed by atoms with van der Waals surface area (Å²) in [6.07, 6.45) is 0.214. The van der Waals surface area contributed by atoms with Gasteiger partial charge in [0.2, 0.25) is 5.91 Å². The molecule has 0 spiro atoms. The van der Waals surface area contributed by atoms with Gasteiger partial charge in [0, 0.05) is 23.0 Å². The molecule has 5 heteroatoms. The maximum absolute atomic E-state index is 12.2. The largest absolute Gasteiger partial charge is 0.352 e. The third kappa shape index (κ3) is 5.70. The molecule has 2 aromatic rings. The molecule has 0 bridgehead atoms. The lowest BCUT2D eigenvalue weighted by molar-refractivity contribution is -0.116. The molecule has 2 amide bonds. The van der Waals surface area contributed by atoms with Crippen LogP contribution >= 0.6 is 15.9 Å². The van der Waals surface area contributed by atoms with Gasteiger partial charge >= 0.3 is 0 Å². The fourth-order valence-corrected chi connectivity index (χ4v) is 3.04. The first-order chi connectivity index (χ1) is 12.2. The molecule has 0 radical (unpaired) electrons. The monoisotopic (exact) mass is 416 g/mol. The molecule has 0 aliphatic heterocycles. The zero-order chi connectivity index (χ0) is 19.3. The average Bonchev–Trinajstić information content (AvgIpc) is 2.56. The smallest absolute Gasteiger partial charge is 0.251 e. The van der Waals surface area contributed by atoms with Crippen molar-refractivity contribution in [2.45, 2.75) is 39.5 Å². The van der Waals surface area contributed by atoms with Gasteiger partial charge in [-0.05, 0) is 63.7 Å². The van der Waals surface area contributed by atoms with Gasteiger partial charge in [-0.2, -0.15) is 0 Å². The molecule has 4 nitrogen and oxygen atoms in total. The van der Waals surface area contributed by atoms with Crippen molar-refractivity contribution < 1.29 is 9.59 Å². The van der Waals surface area contributed by atoms with Crippen LogP contribution in [0.5, 0.6) is 0 Å². The summed E-state index contributed by atoms with van der Waals surface area (Å²) in [5.74, 6) is -0.312. The van der Waals surface area contributed by atoms with Gasteiger partial charge in [0.1, 0.15) is 0 Å². The lowest BCUT2D eigenvalue weighted by Crippen LogP contribution is -2.27. The van der Waals surface area contributed by atoms with Gasteiger partial charge in [-0.1, -0.05) is 39.0 Å². The predicted molar refractivity (Wildman–Crippen MR) is 110 cm³/mol. The summed E-state index contributed by atoms with van der Waals surface area (Å²) in [5, 5.41) is 5.62. The van der Waals surface area contributed by atoms with Gasteiger partial charge in [0.15, 0.2) is 0 Å². The van der Waals surface area contributed by atoms with Gasteiger partial charge < -0.3 is 10.6 Å². The van der Waals surface area contributed by atoms with Crippen LogP contribution in [0.4, 0.5) is 5.69 Å². The summed E-state index contributed by atoms with van der Waals surface area (Å²) in [4.78, 5) is 24.2. The first-order valence-electron chi connectivity index (χ1n) is 8.61. The van der Waals surface area contributed by atoms with E-state index in [0.29, 0.717) is 5.56 Å². The van der Waals surface area contributed by atoms with Crippen LogP contribution in [0.2, 0.25) is 0 Å². The van der Waals surface area contributed by atoms with Crippen molar-refractivity contribution in [3.05, 3.63) is 63.6 Å². The first-order valence-corrected chi connectivity index (χ1v) is 9.41. The Hall–Kier alpha value is -2.14. The van der Waals surface area contributed by atoms with E-state index in [0.717, 1.165) is 15.7 Å². The van der Waals surface area contributed by atoms with E-state index in [2.05, 4.69) is 47.3 Å². The molecule has 0 unspecified atom stereocenters. The molecule has 0 aliphatic carbocycles. The Bertz CT molecular complexity index is 793. The summed E-state index contributed by atoms with van der Waals surface area (Å²) in [5.41, 5.74) is 3.67. The Labute approximate surface area is 163 Å². The molecular weight excluding hydrogens is 392 g/mol. The normalized spacial score (nSPS) is 11.1. The molecule has 26 heavy (non-hydrogen) atoms. The molecule has 0 aliphatic rings. The minimum absolute atomic E-state index is 0.0529. The molecule has 2 N–H and O–H groups in total. The number of rotatable bonds is 5. The number of carbonyl (C=O) groups is 2. The SMILES string of the molecule is Cc1ccc(NC(=O)CCNC(=O)c2ccc(C(C)(C)C)cc2)c(Br)c1. The Morgan fingerprint density at radius 1 is 1.04 bits per heavy atom. The summed E-state index contributed by atoms with van der Waals surface area (Å²) in [6.45, 7) is 8.67. The third-order valence-corrected chi connectivity index (χ3v) is 4.71. The number of halogens is 1. The van der Waals surface area contributed by atoms with Gasteiger partial charge in [0.05, 0.1) is 5.69 Å². The second-order valence-electron chi connectivity index (χ2n) is 7.36. The molecule has 0 aromatic heterocycles. The third-order valence-electron chi connectivity index (χ3n) is 4.05. The molecule has 2 aromatic carbocycles. The van der Waals surface area contributed by atoms with Crippen molar-refractivity contribution in [2.24, 2.45) is 0 Å². The van der Waals surface area contributed by atoms with E-state index < -0.39 is 0 Å². The van der Waals surface area contributed by atoms with E-state index in [1.54, 1.807) is 0 Å². The highest BCUT2D eigenvalue weighted by Crippen LogP contribution is 2.23. The molecule has 2 rings (SSSR count). The predicted octanol–water partition coefficient (Wildman–Crippen LogP) is 4.81. The second-order valence-corrected chi connectivity index (χ2v) is 8.22. The Kier molecular flexibility index (Phi) is 6.59. The number of anilines is 1. The highest BCUT2D eigenvalue weighted by molar-refractivity contribution is 9.10. The molecule has 0 heterocycles. The second kappa shape index (κ2) is 8.49. The number of carbonyl (C=O) groups excluding carboxylic acids is 2. The highest BCUT2D eigenvalue weighted by atomic mass is 79.9. The van der Waals surface area contributed by atoms with Crippen LogP contribution in [0.3, 0.4) is 0 Å². The van der Waals surface area contributed by atoms with E-state index in [1.165, 1.54) is 5.56 Å². The van der Waals surface area contributed by atoms with E-state index in [-0.39, 0.29) is 30.2 Å². The number of amides is 2. The van der Waals surface area contributed by atoms with Crippen LogP contribution in [-0.2, 0) is 10.2 Å². The van der Waals surface area contributed by atoms with Crippen LogP contribution in [0.15, 0.2) is 46.9 Å². The molecule has 0 fully saturated rings. The summed E-state index contributed by atoms with van der Waals surface area (Å²) in [6, 6.07) is 13.3. The molecule has 0 saturated heterocycles. The topological polar surface area (TPSA) is 58.2 Å². The quantitative estimate of drug-likeness (QED) is 0.734. The standard InChI is InChI=1S/C21H25BrN2O2/c1-14-5-10-18(17(22)13-14)24-19(25)11-12-23-20(26)15-6-8-16(9-7-15)21(2,3)4/h5-10,13H,11-12H2,1-4H3,(H,23,26)(H,24,25). The van der Waals surface area contributed by atoms with Crippen molar-refractivity contribution in [1.82, 2.24) is 5.32 Å². The zero-order valence-corrected chi connectivity index (χ0v) is 17.2. The van der Waals surface area contributed by atoms with Crippen molar-refractivity contribution in [2.75, 3.05) is 11.9 Å². The molecule has 0 atom stereocenters. The highest BCUT2D eigenvalue weighted by Gasteiger charge is 2.14. The first kappa shape index (κ1) is 20.2. The number of nitrogens with one attached hydrogen (secondary N) is 2. The van der Waals surface area contributed by atoms with Crippen LogP contribution in [-0.4, -0.2) is 18.4 Å². The fraction of sp³-hybridized carbons (Fsp3) is 0.333. The van der Waals surface area contributed by atoms with Crippen LogP contribution in [0, 0.1) is 6.92 Å². The number of benzene rings is 2. The maximum Gasteiger partial charge on any atom is 0.251 e. The Morgan fingerprint density at radius 3 is 2.27 bits per heavy atom. The van der Waals surface area contributed by atoms with Gasteiger partial charge in [-0.25, -0.2) is 0 Å². The lowest BCUT2D eigenvalue weighted by atomic mass is 9.87. The number of hydrogen-bond donors (Lipinski definition) is 2. The Balaban J connectivity index is 1.83. The van der Waals surface area contributed by atoms with Crippen molar-refractivity contribution in [3.63, 3.8) is 0 Å². The van der Waals surface area contributed by atoms with E-state index in [4.69, 9.17) is 0 Å². The van der Waals surface area contributed by atoms with Crippen molar-refractivity contribution in [3.8, 4) is 0 Å². The number of hydrogen-bond acceptors (Lipinski definition) is 2. The summed E-state index contributed by atoms with van der Waals surface area (Å²) >= 11 is 3.43. The van der Waals surface area contributed by atoms with Crippen LogP contribution in [0.1, 0.15) is 48.7 Å².